The normalized spacial score (nSPS) is 12.7. The van der Waals surface area contributed by atoms with E-state index >= 15 is 0 Å². The molecule has 4 aromatic rings. The zero-order chi connectivity index (χ0) is 20.5. The lowest BCUT2D eigenvalue weighted by atomic mass is 9.95. The Morgan fingerprint density at radius 2 is 1.50 bits per heavy atom. The zero-order valence-corrected chi connectivity index (χ0v) is 17.3. The highest BCUT2D eigenvalue weighted by molar-refractivity contribution is 7.71. The van der Waals surface area contributed by atoms with Crippen molar-refractivity contribution in [2.75, 3.05) is 0 Å². The number of hydrogen-bond acceptors (Lipinski definition) is 3. The quantitative estimate of drug-likeness (QED) is 0.265. The fourth-order valence-corrected chi connectivity index (χ4v) is 4.32. The minimum atomic E-state index is -0.140. The molecule has 148 valence electrons. The van der Waals surface area contributed by atoms with Crippen LogP contribution in [-0.2, 0) is 13.0 Å². The fourth-order valence-electron chi connectivity index (χ4n) is 3.99. The van der Waals surface area contributed by atoms with Crippen LogP contribution in [0.4, 0.5) is 0 Å². The molecule has 1 aliphatic heterocycles. The molecule has 0 unspecified atom stereocenters. The second-order valence-electron chi connectivity index (χ2n) is 7.29. The van der Waals surface area contributed by atoms with Crippen LogP contribution in [0.5, 0.6) is 11.5 Å². The van der Waals surface area contributed by atoms with Crippen molar-refractivity contribution >= 4 is 12.2 Å². The highest BCUT2D eigenvalue weighted by atomic mass is 32.1. The van der Waals surface area contributed by atoms with Crippen LogP contribution in [0, 0.1) is 4.77 Å². The van der Waals surface area contributed by atoms with Crippen molar-refractivity contribution in [1.29, 1.82) is 0 Å². The molecule has 5 rings (SSSR count). The van der Waals surface area contributed by atoms with Crippen molar-refractivity contribution in [3.8, 4) is 11.5 Å². The van der Waals surface area contributed by atoms with Gasteiger partial charge in [0, 0.05) is 24.1 Å². The number of aromatic nitrogens is 3. The summed E-state index contributed by atoms with van der Waals surface area (Å²) in [5.41, 5.74) is 3.31. The molecule has 0 saturated carbocycles. The van der Waals surface area contributed by atoms with Gasteiger partial charge in [0.15, 0.2) is 4.77 Å². The predicted molar refractivity (Wildman–Crippen MR) is 121 cm³/mol. The number of fused-ring (bicyclic) bond motifs is 2. The van der Waals surface area contributed by atoms with Crippen molar-refractivity contribution in [3.05, 3.63) is 119 Å². The average Bonchev–Trinajstić information content (AvgIpc) is 3.08. The predicted octanol–water partition coefficient (Wildman–Crippen LogP) is 5.93. The van der Waals surface area contributed by atoms with Crippen LogP contribution in [0.15, 0.2) is 91.5 Å². The SMILES string of the molecule is C=CCn1c(Cc2ccccc2)nn(C2c3ccccc3Oc3ccccc32)c1=S. The third kappa shape index (κ3) is 3.17. The molecule has 1 aromatic heterocycles. The Bertz CT molecular complexity index is 1230. The van der Waals surface area contributed by atoms with Crippen LogP contribution < -0.4 is 4.74 Å². The summed E-state index contributed by atoms with van der Waals surface area (Å²) in [6, 6.07) is 26.4. The second kappa shape index (κ2) is 7.76. The molecule has 5 heteroatoms. The summed E-state index contributed by atoms with van der Waals surface area (Å²) in [5, 5.41) is 5.02. The van der Waals surface area contributed by atoms with Gasteiger partial charge in [0.05, 0.1) is 0 Å². The van der Waals surface area contributed by atoms with Gasteiger partial charge in [-0.25, -0.2) is 4.68 Å². The van der Waals surface area contributed by atoms with Gasteiger partial charge in [-0.05, 0) is 29.9 Å². The maximum absolute atomic E-state index is 6.15. The standard InChI is InChI=1S/C25H21N3OS/c1-2-16-27-23(17-18-10-4-3-5-11-18)26-28(25(27)30)24-19-12-6-8-14-21(19)29-22-15-9-7-13-20(22)24/h2-15,24H,1,16-17H2. The van der Waals surface area contributed by atoms with Gasteiger partial charge in [0.1, 0.15) is 23.4 Å². The largest absolute Gasteiger partial charge is 0.457 e. The van der Waals surface area contributed by atoms with E-state index in [0.717, 1.165) is 28.5 Å². The topological polar surface area (TPSA) is 32.0 Å². The third-order valence-electron chi connectivity index (χ3n) is 5.37. The summed E-state index contributed by atoms with van der Waals surface area (Å²) < 4.78 is 10.9. The van der Waals surface area contributed by atoms with Crippen molar-refractivity contribution in [2.45, 2.75) is 19.0 Å². The maximum Gasteiger partial charge on any atom is 0.199 e. The lowest BCUT2D eigenvalue weighted by molar-refractivity contribution is 0.422. The molecule has 30 heavy (non-hydrogen) atoms. The van der Waals surface area contributed by atoms with E-state index < -0.39 is 0 Å². The number of rotatable bonds is 5. The molecule has 0 spiro atoms. The Balaban J connectivity index is 1.69. The van der Waals surface area contributed by atoms with E-state index in [-0.39, 0.29) is 6.04 Å². The molecule has 0 radical (unpaired) electrons. The summed E-state index contributed by atoms with van der Waals surface area (Å²) in [5.74, 6) is 2.60. The van der Waals surface area contributed by atoms with E-state index in [2.05, 4.69) is 35.4 Å². The second-order valence-corrected chi connectivity index (χ2v) is 7.65. The number of benzene rings is 3. The minimum Gasteiger partial charge on any atom is -0.457 e. The minimum absolute atomic E-state index is 0.140. The van der Waals surface area contributed by atoms with Gasteiger partial charge in [-0.2, -0.15) is 5.10 Å². The van der Waals surface area contributed by atoms with Crippen LogP contribution in [-0.4, -0.2) is 14.3 Å². The first kappa shape index (κ1) is 18.6. The number of allylic oxidation sites excluding steroid dienone is 1. The summed E-state index contributed by atoms with van der Waals surface area (Å²) in [6.07, 6.45) is 2.57. The van der Waals surface area contributed by atoms with Crippen molar-refractivity contribution < 1.29 is 4.74 Å². The molecule has 0 aliphatic carbocycles. The maximum atomic E-state index is 6.15. The van der Waals surface area contributed by atoms with Crippen molar-refractivity contribution in [3.63, 3.8) is 0 Å². The van der Waals surface area contributed by atoms with Crippen molar-refractivity contribution in [1.82, 2.24) is 14.3 Å². The molecule has 1 aliphatic rings. The van der Waals surface area contributed by atoms with Gasteiger partial charge in [0.2, 0.25) is 0 Å². The fraction of sp³-hybridized carbons (Fsp3) is 0.120. The Morgan fingerprint density at radius 1 is 0.900 bits per heavy atom. The first-order valence-corrected chi connectivity index (χ1v) is 10.4. The summed E-state index contributed by atoms with van der Waals surface area (Å²) in [4.78, 5) is 0. The molecule has 0 saturated heterocycles. The Morgan fingerprint density at radius 3 is 2.13 bits per heavy atom. The molecule has 0 atom stereocenters. The summed E-state index contributed by atoms with van der Waals surface area (Å²) in [6.45, 7) is 4.53. The number of nitrogens with zero attached hydrogens (tertiary/aromatic N) is 3. The highest BCUT2D eigenvalue weighted by Gasteiger charge is 2.30. The average molecular weight is 412 g/mol. The lowest BCUT2D eigenvalue weighted by Gasteiger charge is -2.28. The first-order chi connectivity index (χ1) is 14.8. The molecule has 4 nitrogen and oxygen atoms in total. The van der Waals surface area contributed by atoms with Gasteiger partial charge in [-0.1, -0.05) is 72.8 Å². The van der Waals surface area contributed by atoms with E-state index in [1.165, 1.54) is 5.56 Å². The highest BCUT2D eigenvalue weighted by Crippen LogP contribution is 2.44. The zero-order valence-electron chi connectivity index (χ0n) is 16.4. The molecular formula is C25H21N3OS. The first-order valence-electron chi connectivity index (χ1n) is 9.95. The molecule has 0 fully saturated rings. The molecule has 0 N–H and O–H groups in total. The van der Waals surface area contributed by atoms with Gasteiger partial charge in [-0.15, -0.1) is 6.58 Å². The van der Waals surface area contributed by atoms with Crippen LogP contribution >= 0.6 is 12.2 Å². The van der Waals surface area contributed by atoms with E-state index in [1.54, 1.807) is 0 Å². The summed E-state index contributed by atoms with van der Waals surface area (Å²) >= 11 is 5.91. The van der Waals surface area contributed by atoms with Crippen LogP contribution in [0.1, 0.15) is 28.6 Å². The van der Waals surface area contributed by atoms with Gasteiger partial charge >= 0.3 is 0 Å². The van der Waals surface area contributed by atoms with Gasteiger partial charge in [-0.3, -0.25) is 4.57 Å². The molecule has 0 bridgehead atoms. The smallest absolute Gasteiger partial charge is 0.199 e. The van der Waals surface area contributed by atoms with Crippen LogP contribution in [0.3, 0.4) is 0 Å². The van der Waals surface area contributed by atoms with Crippen LogP contribution in [0.25, 0.3) is 0 Å². The molecule has 0 amide bonds. The Labute approximate surface area is 180 Å². The molecular weight excluding hydrogens is 390 g/mol. The van der Waals surface area contributed by atoms with E-state index in [0.29, 0.717) is 17.7 Å². The van der Waals surface area contributed by atoms with Gasteiger partial charge in [0.25, 0.3) is 0 Å². The monoisotopic (exact) mass is 411 g/mol. The third-order valence-corrected chi connectivity index (χ3v) is 5.78. The van der Waals surface area contributed by atoms with E-state index in [4.69, 9.17) is 22.1 Å². The van der Waals surface area contributed by atoms with Crippen molar-refractivity contribution in [2.24, 2.45) is 0 Å². The van der Waals surface area contributed by atoms with Gasteiger partial charge < -0.3 is 4.74 Å². The summed E-state index contributed by atoms with van der Waals surface area (Å²) in [7, 11) is 0. The van der Waals surface area contributed by atoms with E-state index in [9.17, 15) is 0 Å². The Kier molecular flexibility index (Phi) is 4.81. The van der Waals surface area contributed by atoms with Crippen LogP contribution in [0.2, 0.25) is 0 Å². The number of para-hydroxylation sites is 2. The number of hydrogen-bond donors (Lipinski definition) is 0. The lowest BCUT2D eigenvalue weighted by Crippen LogP contribution is -2.19. The molecule has 3 aromatic carbocycles. The van der Waals surface area contributed by atoms with E-state index in [1.807, 2.05) is 65.4 Å². The molecule has 2 heterocycles. The Hall–Kier alpha value is -3.44. The number of ether oxygens (including phenoxy) is 1.